The molecule has 3 aliphatic carbocycles. The van der Waals surface area contributed by atoms with Gasteiger partial charge in [0.15, 0.2) is 0 Å². The molecule has 3 heteroatoms. The van der Waals surface area contributed by atoms with E-state index < -0.39 is 0 Å². The molecule has 0 aliphatic heterocycles. The van der Waals surface area contributed by atoms with Crippen molar-refractivity contribution >= 4 is 10.2 Å². The Hall–Kier alpha value is -0.703. The van der Waals surface area contributed by atoms with E-state index in [1.807, 2.05) is 0 Å². The molecule has 0 N–H and O–H groups in total. The lowest BCUT2D eigenvalue weighted by Crippen LogP contribution is -2.29. The minimum absolute atomic E-state index is 0.157. The summed E-state index contributed by atoms with van der Waals surface area (Å²) in [5, 5.41) is 0. The fourth-order valence-corrected chi connectivity index (χ4v) is 7.80. The highest BCUT2D eigenvalue weighted by atomic mass is 28.1. The van der Waals surface area contributed by atoms with E-state index in [1.165, 1.54) is 87.4 Å². The monoisotopic (exact) mass is 418 g/mol. The van der Waals surface area contributed by atoms with Crippen molar-refractivity contribution in [3.8, 4) is 0 Å². The molecule has 0 saturated heterocycles. The average Bonchev–Trinajstić information content (AvgIpc) is 2.77. The highest BCUT2D eigenvalue weighted by Gasteiger charge is 2.34. The highest BCUT2D eigenvalue weighted by molar-refractivity contribution is 6.08. The van der Waals surface area contributed by atoms with E-state index >= 15 is 0 Å². The molecule has 3 aliphatic rings. The van der Waals surface area contributed by atoms with Crippen LogP contribution in [0.2, 0.25) is 6.04 Å². The van der Waals surface area contributed by atoms with Crippen molar-refractivity contribution in [1.82, 2.24) is 0 Å². The molecule has 0 nitrogen and oxygen atoms in total. The summed E-state index contributed by atoms with van der Waals surface area (Å²) in [6.45, 7) is 1.53. The van der Waals surface area contributed by atoms with Crippen molar-refractivity contribution in [2.24, 2.45) is 29.6 Å². The van der Waals surface area contributed by atoms with E-state index in [0.29, 0.717) is 5.92 Å². The molecule has 0 spiro atoms. The van der Waals surface area contributed by atoms with Crippen LogP contribution in [0.4, 0.5) is 8.78 Å². The summed E-state index contributed by atoms with van der Waals surface area (Å²) in [7, 11) is 1.39. The average molecular weight is 419 g/mol. The Morgan fingerprint density at radius 1 is 0.690 bits per heavy atom. The molecule has 3 saturated carbocycles. The maximum absolute atomic E-state index is 14.0. The van der Waals surface area contributed by atoms with Crippen molar-refractivity contribution in [1.29, 1.82) is 0 Å². The molecule has 0 radical (unpaired) electrons. The number of rotatable bonds is 4. The minimum atomic E-state index is -0.379. The van der Waals surface area contributed by atoms with Crippen molar-refractivity contribution in [3.05, 3.63) is 34.9 Å². The Balaban J connectivity index is 1.24. The Morgan fingerprint density at radius 3 is 1.48 bits per heavy atom. The lowest BCUT2D eigenvalue weighted by atomic mass is 9.65. The van der Waals surface area contributed by atoms with E-state index in [-0.39, 0.29) is 17.2 Å². The van der Waals surface area contributed by atoms with Crippen LogP contribution in [0.15, 0.2) is 12.1 Å². The molecule has 0 unspecified atom stereocenters. The second kappa shape index (κ2) is 9.62. The van der Waals surface area contributed by atoms with Gasteiger partial charge in [-0.15, -0.1) is 0 Å². The van der Waals surface area contributed by atoms with Crippen LogP contribution in [0.25, 0.3) is 0 Å². The molecule has 3 fully saturated rings. The van der Waals surface area contributed by atoms with Gasteiger partial charge in [0.1, 0.15) is 11.6 Å². The number of benzene rings is 1. The first kappa shape index (κ1) is 21.5. The molecule has 29 heavy (non-hydrogen) atoms. The number of halogens is 2. The molecule has 0 heterocycles. The Kier molecular flexibility index (Phi) is 7.14. The second-order valence-electron chi connectivity index (χ2n) is 10.6. The van der Waals surface area contributed by atoms with Gasteiger partial charge in [-0.05, 0) is 124 Å². The van der Waals surface area contributed by atoms with Crippen LogP contribution in [-0.2, 0) is 0 Å². The van der Waals surface area contributed by atoms with Crippen molar-refractivity contribution < 1.29 is 8.78 Å². The van der Waals surface area contributed by atoms with Crippen molar-refractivity contribution in [2.45, 2.75) is 95.9 Å². The van der Waals surface area contributed by atoms with E-state index in [4.69, 9.17) is 0 Å². The molecule has 0 amide bonds. The van der Waals surface area contributed by atoms with Crippen LogP contribution < -0.4 is 0 Å². The van der Waals surface area contributed by atoms with Gasteiger partial charge >= 0.3 is 0 Å². The molecule has 1 aromatic carbocycles. The zero-order chi connectivity index (χ0) is 20.4. The highest BCUT2D eigenvalue weighted by Crippen LogP contribution is 2.47. The minimum Gasteiger partial charge on any atom is -0.207 e. The molecule has 0 aromatic heterocycles. The van der Waals surface area contributed by atoms with Gasteiger partial charge in [-0.3, -0.25) is 0 Å². The predicted octanol–water partition coefficient (Wildman–Crippen LogP) is 6.94. The van der Waals surface area contributed by atoms with Gasteiger partial charge in [-0.25, -0.2) is 8.78 Å². The lowest BCUT2D eigenvalue weighted by Gasteiger charge is -2.41. The van der Waals surface area contributed by atoms with E-state index in [0.717, 1.165) is 48.0 Å². The van der Waals surface area contributed by atoms with Gasteiger partial charge in [0.05, 0.1) is 0 Å². The summed E-state index contributed by atoms with van der Waals surface area (Å²) in [4.78, 5) is 0. The zero-order valence-electron chi connectivity index (χ0n) is 18.6. The number of hydrogen-bond donors (Lipinski definition) is 0. The van der Waals surface area contributed by atoms with E-state index in [2.05, 4.69) is 0 Å². The van der Waals surface area contributed by atoms with Crippen LogP contribution in [-0.4, -0.2) is 10.2 Å². The zero-order valence-corrected chi connectivity index (χ0v) is 20.6. The second-order valence-corrected chi connectivity index (χ2v) is 11.4. The topological polar surface area (TPSA) is 0 Å². The third kappa shape index (κ3) is 4.97. The van der Waals surface area contributed by atoms with Crippen molar-refractivity contribution in [3.63, 3.8) is 0 Å². The Labute approximate surface area is 179 Å². The van der Waals surface area contributed by atoms with Gasteiger partial charge in [-0.1, -0.05) is 18.9 Å². The molecule has 4 rings (SSSR count). The first-order valence-electron chi connectivity index (χ1n) is 12.5. The maximum Gasteiger partial charge on any atom is 0.129 e. The van der Waals surface area contributed by atoms with E-state index in [9.17, 15) is 8.78 Å². The summed E-state index contributed by atoms with van der Waals surface area (Å²) in [6.07, 6.45) is 16.6. The molecule has 162 valence electrons. The fourth-order valence-electron chi connectivity index (χ4n) is 6.98. The number of hydrogen-bond acceptors (Lipinski definition) is 0. The first-order valence-corrected chi connectivity index (χ1v) is 13.9. The fraction of sp³-hybridized carbons (Fsp3) is 0.769. The summed E-state index contributed by atoms with van der Waals surface area (Å²) in [5.74, 6) is 4.47. The molecule has 0 bridgehead atoms. The summed E-state index contributed by atoms with van der Waals surface area (Å²) >= 11 is 0. The third-order valence-electron chi connectivity index (χ3n) is 9.17. The van der Waals surface area contributed by atoms with Crippen LogP contribution in [0.1, 0.15) is 94.1 Å². The van der Waals surface area contributed by atoms with E-state index in [1.54, 1.807) is 12.1 Å². The van der Waals surface area contributed by atoms with Gasteiger partial charge < -0.3 is 0 Å². The smallest absolute Gasteiger partial charge is 0.129 e. The molecular weight excluding hydrogens is 378 g/mol. The van der Waals surface area contributed by atoms with Crippen LogP contribution >= 0.6 is 0 Å². The Morgan fingerprint density at radius 2 is 1.07 bits per heavy atom. The van der Waals surface area contributed by atoms with Gasteiger partial charge in [0.2, 0.25) is 0 Å². The molecular formula is C26H40F2Si. The predicted molar refractivity (Wildman–Crippen MR) is 121 cm³/mol. The van der Waals surface area contributed by atoms with Gasteiger partial charge in [0, 0.05) is 15.8 Å². The quantitative estimate of drug-likeness (QED) is 0.464. The summed E-state index contributed by atoms with van der Waals surface area (Å²) < 4.78 is 27.9. The standard InChI is InChI=1S/C26H40F2Si/c1-17-25(27)14-24(15-26(17)28)23-12-10-22(11-13-23)21-8-6-20(7-9-21)19-4-2-18(16-29)3-5-19/h14-15,18-23H,2-13,16H2,1,29H3. The summed E-state index contributed by atoms with van der Waals surface area (Å²) in [6, 6.07) is 4.69. The third-order valence-corrected chi connectivity index (χ3v) is 10.3. The van der Waals surface area contributed by atoms with Crippen LogP contribution in [0.3, 0.4) is 0 Å². The normalized spacial score (nSPS) is 36.2. The Bertz CT molecular complexity index is 640. The SMILES string of the molecule is Cc1c(F)cc(C2CCC(C3CCC(C4CCC(C[SiH3])CC4)CC3)CC2)cc1F. The molecule has 1 aromatic rings. The van der Waals surface area contributed by atoms with Crippen LogP contribution in [0.5, 0.6) is 0 Å². The largest absolute Gasteiger partial charge is 0.207 e. The molecule has 0 atom stereocenters. The van der Waals surface area contributed by atoms with Crippen LogP contribution in [0, 0.1) is 48.1 Å². The van der Waals surface area contributed by atoms with Gasteiger partial charge in [-0.2, -0.15) is 0 Å². The maximum atomic E-state index is 14.0. The lowest BCUT2D eigenvalue weighted by molar-refractivity contribution is 0.112. The summed E-state index contributed by atoms with van der Waals surface area (Å²) in [5.41, 5.74) is 1.04. The van der Waals surface area contributed by atoms with Gasteiger partial charge in [0.25, 0.3) is 0 Å². The van der Waals surface area contributed by atoms with Crippen molar-refractivity contribution in [2.75, 3.05) is 0 Å². The first-order chi connectivity index (χ1) is 14.0.